The Labute approximate surface area is 172 Å². The van der Waals surface area contributed by atoms with E-state index in [1.165, 1.54) is 19.1 Å². The maximum absolute atomic E-state index is 12.7. The number of benzene rings is 1. The predicted octanol–water partition coefficient (Wildman–Crippen LogP) is 2.85. The van der Waals surface area contributed by atoms with E-state index in [4.69, 9.17) is 0 Å². The van der Waals surface area contributed by atoms with E-state index in [0.717, 1.165) is 18.0 Å². The number of alkyl halides is 3. The van der Waals surface area contributed by atoms with E-state index in [1.54, 1.807) is 16.0 Å². The standard InChI is InChI=1S/C20H23F3N4O3/c1-14-24-8-10-25(14)11-12-27(15(2)28)17-7-9-26(13-17)19(29)16-3-5-18(6-4-16)30-20(21,22)23/h3-6,8,10,17H,7,9,11-13H2,1-2H3. The molecule has 1 aliphatic rings. The van der Waals surface area contributed by atoms with Crippen LogP contribution in [0.2, 0.25) is 0 Å². The Morgan fingerprint density at radius 2 is 1.97 bits per heavy atom. The summed E-state index contributed by atoms with van der Waals surface area (Å²) in [6.07, 6.45) is -0.582. The number of likely N-dealkylation sites (tertiary alicyclic amines) is 1. The lowest BCUT2D eigenvalue weighted by Crippen LogP contribution is -2.43. The van der Waals surface area contributed by atoms with E-state index in [0.29, 0.717) is 32.6 Å². The first kappa shape index (κ1) is 21.7. The van der Waals surface area contributed by atoms with E-state index >= 15 is 0 Å². The first-order chi connectivity index (χ1) is 14.1. The van der Waals surface area contributed by atoms with Gasteiger partial charge in [-0.15, -0.1) is 13.2 Å². The van der Waals surface area contributed by atoms with Crippen molar-refractivity contribution >= 4 is 11.8 Å². The summed E-state index contributed by atoms with van der Waals surface area (Å²) in [5.74, 6) is 0.126. The summed E-state index contributed by atoms with van der Waals surface area (Å²) in [6, 6.07) is 4.73. The van der Waals surface area contributed by atoms with Crippen molar-refractivity contribution in [2.45, 2.75) is 39.2 Å². The average molecular weight is 424 g/mol. The number of carbonyl (C=O) groups excluding carboxylic acids is 2. The van der Waals surface area contributed by atoms with Crippen LogP contribution in [0.1, 0.15) is 29.5 Å². The van der Waals surface area contributed by atoms with Gasteiger partial charge >= 0.3 is 6.36 Å². The second kappa shape index (κ2) is 8.76. The summed E-state index contributed by atoms with van der Waals surface area (Å²) in [7, 11) is 0. The molecule has 3 rings (SSSR count). The quantitative estimate of drug-likeness (QED) is 0.715. The van der Waals surface area contributed by atoms with Gasteiger partial charge in [0.1, 0.15) is 11.6 Å². The SMILES string of the molecule is CC(=O)N(CCn1ccnc1C)C1CCN(C(=O)c2ccc(OC(F)(F)F)cc2)C1. The van der Waals surface area contributed by atoms with E-state index in [1.807, 2.05) is 17.7 Å². The second-order valence-electron chi connectivity index (χ2n) is 7.15. The Kier molecular flexibility index (Phi) is 6.33. The molecule has 10 heteroatoms. The van der Waals surface area contributed by atoms with Crippen molar-refractivity contribution in [1.82, 2.24) is 19.4 Å². The number of amides is 2. The third-order valence-corrected chi connectivity index (χ3v) is 5.14. The molecule has 1 aromatic carbocycles. The van der Waals surface area contributed by atoms with Gasteiger partial charge in [0.05, 0.1) is 6.04 Å². The molecule has 1 unspecified atom stereocenters. The predicted molar refractivity (Wildman–Crippen MR) is 102 cm³/mol. The molecular weight excluding hydrogens is 401 g/mol. The summed E-state index contributed by atoms with van der Waals surface area (Å²) in [6.45, 7) is 5.35. The summed E-state index contributed by atoms with van der Waals surface area (Å²) < 4.78 is 42.6. The highest BCUT2D eigenvalue weighted by Gasteiger charge is 2.33. The molecule has 162 valence electrons. The third-order valence-electron chi connectivity index (χ3n) is 5.14. The van der Waals surface area contributed by atoms with Crippen molar-refractivity contribution in [1.29, 1.82) is 0 Å². The van der Waals surface area contributed by atoms with Crippen molar-refractivity contribution in [2.24, 2.45) is 0 Å². The zero-order valence-electron chi connectivity index (χ0n) is 16.7. The monoisotopic (exact) mass is 424 g/mol. The summed E-state index contributed by atoms with van der Waals surface area (Å²) in [4.78, 5) is 32.4. The van der Waals surface area contributed by atoms with Gasteiger partial charge in [-0.25, -0.2) is 4.98 Å². The molecular formula is C20H23F3N4O3. The molecule has 0 aliphatic carbocycles. The van der Waals surface area contributed by atoms with Crippen molar-refractivity contribution in [3.05, 3.63) is 48.0 Å². The Bertz CT molecular complexity index is 895. The van der Waals surface area contributed by atoms with Gasteiger partial charge in [-0.1, -0.05) is 0 Å². The van der Waals surface area contributed by atoms with Gasteiger partial charge in [-0.3, -0.25) is 9.59 Å². The maximum Gasteiger partial charge on any atom is 0.573 e. The van der Waals surface area contributed by atoms with Crippen LogP contribution in [0.5, 0.6) is 5.75 Å². The molecule has 1 fully saturated rings. The molecule has 0 N–H and O–H groups in total. The molecule has 2 amide bonds. The number of nitrogens with zero attached hydrogens (tertiary/aromatic N) is 4. The molecule has 1 aromatic heterocycles. The lowest BCUT2D eigenvalue weighted by Gasteiger charge is -2.28. The first-order valence-corrected chi connectivity index (χ1v) is 9.54. The minimum atomic E-state index is -4.78. The lowest BCUT2D eigenvalue weighted by molar-refractivity contribution is -0.274. The number of hydrogen-bond donors (Lipinski definition) is 0. The zero-order valence-corrected chi connectivity index (χ0v) is 16.7. The molecule has 1 saturated heterocycles. The van der Waals surface area contributed by atoms with Crippen LogP contribution in [0.4, 0.5) is 13.2 Å². The van der Waals surface area contributed by atoms with Crippen molar-refractivity contribution in [3.8, 4) is 5.75 Å². The number of aromatic nitrogens is 2. The molecule has 2 heterocycles. The fourth-order valence-corrected chi connectivity index (χ4v) is 3.62. The Balaban J connectivity index is 1.60. The number of hydrogen-bond acceptors (Lipinski definition) is 4. The van der Waals surface area contributed by atoms with Crippen LogP contribution in [-0.4, -0.2) is 63.2 Å². The molecule has 0 saturated carbocycles. The van der Waals surface area contributed by atoms with Gasteiger partial charge < -0.3 is 19.1 Å². The zero-order chi connectivity index (χ0) is 21.9. The van der Waals surface area contributed by atoms with E-state index in [-0.39, 0.29) is 29.2 Å². The number of rotatable bonds is 6. The van der Waals surface area contributed by atoms with Crippen LogP contribution >= 0.6 is 0 Å². The second-order valence-corrected chi connectivity index (χ2v) is 7.15. The van der Waals surface area contributed by atoms with Gasteiger partial charge in [0.15, 0.2) is 0 Å². The molecule has 0 spiro atoms. The van der Waals surface area contributed by atoms with Gasteiger partial charge in [-0.2, -0.15) is 0 Å². The fraction of sp³-hybridized carbons (Fsp3) is 0.450. The molecule has 0 bridgehead atoms. The normalized spacial score (nSPS) is 16.6. The highest BCUT2D eigenvalue weighted by molar-refractivity contribution is 5.94. The average Bonchev–Trinajstić information content (AvgIpc) is 3.30. The van der Waals surface area contributed by atoms with Gasteiger partial charge in [0.2, 0.25) is 5.91 Å². The largest absolute Gasteiger partial charge is 0.573 e. The van der Waals surface area contributed by atoms with Crippen LogP contribution < -0.4 is 4.74 Å². The first-order valence-electron chi connectivity index (χ1n) is 9.54. The summed E-state index contributed by atoms with van der Waals surface area (Å²) >= 11 is 0. The lowest BCUT2D eigenvalue weighted by atomic mass is 10.2. The Hall–Kier alpha value is -3.04. The topological polar surface area (TPSA) is 67.7 Å². The smallest absolute Gasteiger partial charge is 0.406 e. The molecule has 30 heavy (non-hydrogen) atoms. The number of halogens is 3. The van der Waals surface area contributed by atoms with E-state index in [9.17, 15) is 22.8 Å². The minimum Gasteiger partial charge on any atom is -0.406 e. The highest BCUT2D eigenvalue weighted by Crippen LogP contribution is 2.24. The third kappa shape index (κ3) is 5.31. The summed E-state index contributed by atoms with van der Waals surface area (Å²) in [5, 5.41) is 0. The Morgan fingerprint density at radius 1 is 1.27 bits per heavy atom. The molecule has 2 aromatic rings. The summed E-state index contributed by atoms with van der Waals surface area (Å²) in [5.41, 5.74) is 0.272. The highest BCUT2D eigenvalue weighted by atomic mass is 19.4. The number of imidazole rings is 1. The number of carbonyl (C=O) groups is 2. The maximum atomic E-state index is 12.7. The van der Waals surface area contributed by atoms with Crippen LogP contribution in [0.25, 0.3) is 0 Å². The van der Waals surface area contributed by atoms with Crippen LogP contribution in [-0.2, 0) is 11.3 Å². The number of aryl methyl sites for hydroxylation is 1. The minimum absolute atomic E-state index is 0.0688. The van der Waals surface area contributed by atoms with Gasteiger partial charge in [0.25, 0.3) is 5.91 Å². The number of ether oxygens (including phenoxy) is 1. The van der Waals surface area contributed by atoms with E-state index < -0.39 is 6.36 Å². The molecule has 7 nitrogen and oxygen atoms in total. The molecule has 1 atom stereocenters. The van der Waals surface area contributed by atoms with Crippen LogP contribution in [0.15, 0.2) is 36.7 Å². The van der Waals surface area contributed by atoms with Crippen molar-refractivity contribution in [3.63, 3.8) is 0 Å². The fourth-order valence-electron chi connectivity index (χ4n) is 3.62. The van der Waals surface area contributed by atoms with E-state index in [2.05, 4.69) is 9.72 Å². The Morgan fingerprint density at radius 3 is 2.53 bits per heavy atom. The van der Waals surface area contributed by atoms with Crippen LogP contribution in [0, 0.1) is 6.92 Å². The van der Waals surface area contributed by atoms with Crippen molar-refractivity contribution < 1.29 is 27.5 Å². The van der Waals surface area contributed by atoms with Crippen molar-refractivity contribution in [2.75, 3.05) is 19.6 Å². The molecule has 1 aliphatic heterocycles. The van der Waals surface area contributed by atoms with Gasteiger partial charge in [0, 0.05) is 51.1 Å². The van der Waals surface area contributed by atoms with Crippen LogP contribution in [0.3, 0.4) is 0 Å². The van der Waals surface area contributed by atoms with Gasteiger partial charge in [-0.05, 0) is 37.6 Å². The molecule has 0 radical (unpaired) electrons.